The van der Waals surface area contributed by atoms with Gasteiger partial charge in [-0.1, -0.05) is 24.3 Å². The van der Waals surface area contributed by atoms with Crippen LogP contribution in [0.1, 0.15) is 23.1 Å². The zero-order valence-corrected chi connectivity index (χ0v) is 11.3. The Morgan fingerprint density at radius 3 is 2.85 bits per heavy atom. The third-order valence-corrected chi connectivity index (χ3v) is 3.88. The summed E-state index contributed by atoms with van der Waals surface area (Å²) in [6.45, 7) is 1.77. The molecule has 2 aromatic rings. The number of rotatable bonds is 2. The second-order valence-electron chi connectivity index (χ2n) is 5.14. The zero-order valence-electron chi connectivity index (χ0n) is 11.3. The van der Waals surface area contributed by atoms with Gasteiger partial charge in [0.25, 0.3) is 0 Å². The third-order valence-electron chi connectivity index (χ3n) is 3.88. The molecule has 0 aliphatic carbocycles. The molecule has 0 saturated heterocycles. The molecule has 0 atom stereocenters. The van der Waals surface area contributed by atoms with E-state index in [2.05, 4.69) is 17.0 Å². The predicted molar refractivity (Wildman–Crippen MR) is 81.4 cm³/mol. The molecule has 20 heavy (non-hydrogen) atoms. The number of nitriles is 1. The van der Waals surface area contributed by atoms with Gasteiger partial charge in [-0.15, -0.1) is 0 Å². The van der Waals surface area contributed by atoms with Crippen molar-refractivity contribution in [2.45, 2.75) is 19.4 Å². The highest BCUT2D eigenvalue weighted by Crippen LogP contribution is 2.32. The quantitative estimate of drug-likeness (QED) is 0.847. The van der Waals surface area contributed by atoms with Crippen LogP contribution in [0.3, 0.4) is 0 Å². The summed E-state index contributed by atoms with van der Waals surface area (Å²) in [5.74, 6) is 0. The van der Waals surface area contributed by atoms with Crippen LogP contribution in [-0.2, 0) is 13.0 Å². The molecule has 0 radical (unpaired) electrons. The SMILES string of the molecule is N#Cc1ccccc1CN1CCCc2c(N)cccc21. The van der Waals surface area contributed by atoms with Crippen LogP contribution in [0.4, 0.5) is 11.4 Å². The largest absolute Gasteiger partial charge is 0.398 e. The molecule has 1 heterocycles. The van der Waals surface area contributed by atoms with Crippen LogP contribution in [0.15, 0.2) is 42.5 Å². The first-order chi connectivity index (χ1) is 9.79. The molecule has 3 heteroatoms. The van der Waals surface area contributed by atoms with Gasteiger partial charge in [0.15, 0.2) is 0 Å². The highest BCUT2D eigenvalue weighted by atomic mass is 15.1. The first-order valence-corrected chi connectivity index (χ1v) is 6.90. The van der Waals surface area contributed by atoms with Crippen molar-refractivity contribution < 1.29 is 0 Å². The molecule has 1 aliphatic rings. The predicted octanol–water partition coefficient (Wildman–Crippen LogP) is 3.09. The fourth-order valence-electron chi connectivity index (χ4n) is 2.86. The number of anilines is 2. The Balaban J connectivity index is 1.94. The Kier molecular flexibility index (Phi) is 3.30. The van der Waals surface area contributed by atoms with E-state index in [1.807, 2.05) is 36.4 Å². The van der Waals surface area contributed by atoms with Crippen LogP contribution < -0.4 is 10.6 Å². The molecule has 100 valence electrons. The molecular weight excluding hydrogens is 246 g/mol. The van der Waals surface area contributed by atoms with E-state index < -0.39 is 0 Å². The minimum Gasteiger partial charge on any atom is -0.398 e. The lowest BCUT2D eigenvalue weighted by Crippen LogP contribution is -2.29. The summed E-state index contributed by atoms with van der Waals surface area (Å²) in [6.07, 6.45) is 2.15. The van der Waals surface area contributed by atoms with E-state index in [1.54, 1.807) is 0 Å². The summed E-state index contributed by atoms with van der Waals surface area (Å²) in [4.78, 5) is 2.32. The van der Waals surface area contributed by atoms with E-state index in [0.29, 0.717) is 0 Å². The minimum atomic E-state index is 0.753. The van der Waals surface area contributed by atoms with Crippen molar-refractivity contribution in [3.8, 4) is 6.07 Å². The Hall–Kier alpha value is -2.47. The Morgan fingerprint density at radius 2 is 2.00 bits per heavy atom. The van der Waals surface area contributed by atoms with Crippen molar-refractivity contribution in [3.63, 3.8) is 0 Å². The van der Waals surface area contributed by atoms with Gasteiger partial charge in [0.2, 0.25) is 0 Å². The molecule has 0 saturated carbocycles. The van der Waals surface area contributed by atoms with Gasteiger partial charge in [-0.2, -0.15) is 5.26 Å². The fraction of sp³-hybridized carbons (Fsp3) is 0.235. The molecule has 3 rings (SSSR count). The molecule has 3 nitrogen and oxygen atoms in total. The van der Waals surface area contributed by atoms with Gasteiger partial charge in [0.1, 0.15) is 0 Å². The summed E-state index contributed by atoms with van der Waals surface area (Å²) in [6, 6.07) is 16.2. The molecule has 0 spiro atoms. The number of nitrogen functional groups attached to an aromatic ring is 1. The normalized spacial score (nSPS) is 13.7. The van der Waals surface area contributed by atoms with Crippen molar-refractivity contribution in [1.29, 1.82) is 5.26 Å². The summed E-state index contributed by atoms with van der Waals surface area (Å²) < 4.78 is 0. The highest BCUT2D eigenvalue weighted by Gasteiger charge is 2.19. The smallest absolute Gasteiger partial charge is 0.0995 e. The first-order valence-electron chi connectivity index (χ1n) is 6.90. The lowest BCUT2D eigenvalue weighted by molar-refractivity contribution is 0.692. The highest BCUT2D eigenvalue weighted by molar-refractivity contribution is 5.66. The number of nitrogens with two attached hydrogens (primary N) is 1. The van der Waals surface area contributed by atoms with E-state index in [1.165, 1.54) is 11.3 Å². The number of benzene rings is 2. The maximum atomic E-state index is 9.20. The van der Waals surface area contributed by atoms with Crippen molar-refractivity contribution in [3.05, 3.63) is 59.2 Å². The summed E-state index contributed by atoms with van der Waals surface area (Å²) >= 11 is 0. The maximum Gasteiger partial charge on any atom is 0.0995 e. The summed E-state index contributed by atoms with van der Waals surface area (Å²) in [5.41, 5.74) is 11.2. The van der Waals surface area contributed by atoms with Crippen LogP contribution >= 0.6 is 0 Å². The minimum absolute atomic E-state index is 0.753. The van der Waals surface area contributed by atoms with E-state index in [0.717, 1.165) is 42.7 Å². The fourth-order valence-corrected chi connectivity index (χ4v) is 2.86. The molecule has 2 N–H and O–H groups in total. The molecule has 0 amide bonds. The topological polar surface area (TPSA) is 53.0 Å². The maximum absolute atomic E-state index is 9.20. The molecule has 0 bridgehead atoms. The number of hydrogen-bond donors (Lipinski definition) is 1. The van der Waals surface area contributed by atoms with Crippen LogP contribution in [0.2, 0.25) is 0 Å². The zero-order chi connectivity index (χ0) is 13.9. The van der Waals surface area contributed by atoms with E-state index in [4.69, 9.17) is 5.73 Å². The van der Waals surface area contributed by atoms with Gasteiger partial charge >= 0.3 is 0 Å². The van der Waals surface area contributed by atoms with Crippen molar-refractivity contribution >= 4 is 11.4 Å². The molecule has 0 fully saturated rings. The number of fused-ring (bicyclic) bond motifs is 1. The second-order valence-corrected chi connectivity index (χ2v) is 5.14. The van der Waals surface area contributed by atoms with Gasteiger partial charge in [-0.3, -0.25) is 0 Å². The molecular formula is C17H17N3. The monoisotopic (exact) mass is 263 g/mol. The Morgan fingerprint density at radius 1 is 1.15 bits per heavy atom. The standard InChI is InChI=1S/C17H17N3/c18-11-13-5-1-2-6-14(13)12-20-10-4-7-15-16(19)8-3-9-17(15)20/h1-3,5-6,8-9H,4,7,10,12,19H2. The van der Waals surface area contributed by atoms with Crippen LogP contribution in [0.25, 0.3) is 0 Å². The lowest BCUT2D eigenvalue weighted by Gasteiger charge is -2.32. The molecule has 0 aromatic heterocycles. The van der Waals surface area contributed by atoms with Gasteiger partial charge < -0.3 is 10.6 Å². The van der Waals surface area contributed by atoms with Gasteiger partial charge in [-0.05, 0) is 42.2 Å². The van der Waals surface area contributed by atoms with E-state index in [-0.39, 0.29) is 0 Å². The van der Waals surface area contributed by atoms with Crippen molar-refractivity contribution in [2.24, 2.45) is 0 Å². The van der Waals surface area contributed by atoms with Gasteiger partial charge in [-0.25, -0.2) is 0 Å². The Labute approximate surface area is 119 Å². The molecule has 2 aromatic carbocycles. The second kappa shape index (κ2) is 5.26. The summed E-state index contributed by atoms with van der Waals surface area (Å²) in [7, 11) is 0. The van der Waals surface area contributed by atoms with E-state index >= 15 is 0 Å². The molecule has 1 aliphatic heterocycles. The summed E-state index contributed by atoms with van der Waals surface area (Å²) in [5, 5.41) is 9.20. The number of hydrogen-bond acceptors (Lipinski definition) is 3. The lowest BCUT2D eigenvalue weighted by atomic mass is 9.98. The van der Waals surface area contributed by atoms with Crippen LogP contribution in [0, 0.1) is 11.3 Å². The number of nitrogens with zero attached hydrogens (tertiary/aromatic N) is 2. The average molecular weight is 263 g/mol. The first kappa shape index (κ1) is 12.6. The van der Waals surface area contributed by atoms with Gasteiger partial charge in [0, 0.05) is 24.5 Å². The van der Waals surface area contributed by atoms with Gasteiger partial charge in [0.05, 0.1) is 11.6 Å². The molecule has 0 unspecified atom stereocenters. The van der Waals surface area contributed by atoms with Crippen LogP contribution in [-0.4, -0.2) is 6.54 Å². The van der Waals surface area contributed by atoms with Crippen molar-refractivity contribution in [1.82, 2.24) is 0 Å². The van der Waals surface area contributed by atoms with Crippen LogP contribution in [0.5, 0.6) is 0 Å². The third kappa shape index (κ3) is 2.21. The Bertz CT molecular complexity index is 670. The van der Waals surface area contributed by atoms with E-state index in [9.17, 15) is 5.26 Å². The van der Waals surface area contributed by atoms with Crippen molar-refractivity contribution in [2.75, 3.05) is 17.2 Å². The average Bonchev–Trinajstić information content (AvgIpc) is 2.49.